The van der Waals surface area contributed by atoms with Gasteiger partial charge in [0.05, 0.1) is 4.90 Å². The molecule has 1 heterocycles. The van der Waals surface area contributed by atoms with Crippen molar-refractivity contribution in [2.24, 2.45) is 12.8 Å². The Bertz CT molecular complexity index is 578. The van der Waals surface area contributed by atoms with Gasteiger partial charge in [-0.1, -0.05) is 6.92 Å². The van der Waals surface area contributed by atoms with Crippen molar-refractivity contribution in [3.8, 4) is 0 Å². The largest absolute Gasteiger partial charge is 0.327 e. The van der Waals surface area contributed by atoms with Crippen LogP contribution in [0.5, 0.6) is 0 Å². The molecule has 0 aliphatic carbocycles. The first-order chi connectivity index (χ1) is 9.51. The molecule has 1 atom stereocenters. The topological polar surface area (TPSA) is 69.6 Å². The van der Waals surface area contributed by atoms with Crippen molar-refractivity contribution in [3.05, 3.63) is 29.3 Å². The first-order valence-electron chi connectivity index (χ1n) is 6.15. The maximum Gasteiger partial charge on any atom is 0.214 e. The van der Waals surface area contributed by atoms with Gasteiger partial charge in [0.15, 0.2) is 0 Å². The average Bonchev–Trinajstić information content (AvgIpc) is 2.79. The summed E-state index contributed by atoms with van der Waals surface area (Å²) >= 11 is 0.853. The number of nitrogens with zero attached hydrogens (tertiary/aromatic N) is 4. The van der Waals surface area contributed by atoms with E-state index in [1.807, 2.05) is 6.92 Å². The van der Waals surface area contributed by atoms with E-state index in [1.165, 1.54) is 16.8 Å². The molecular weight excluding hydrogens is 284 g/mol. The molecule has 0 amide bonds. The van der Waals surface area contributed by atoms with Crippen LogP contribution in [0.4, 0.5) is 8.78 Å². The van der Waals surface area contributed by atoms with Crippen LogP contribution in [-0.4, -0.2) is 26.2 Å². The first-order valence-corrected chi connectivity index (χ1v) is 6.96. The van der Waals surface area contributed by atoms with E-state index in [2.05, 4.69) is 15.5 Å². The molecule has 8 heteroatoms. The van der Waals surface area contributed by atoms with Gasteiger partial charge in [-0.15, -0.1) is 5.10 Å². The Labute approximate surface area is 119 Å². The maximum atomic E-state index is 14.0. The SMILES string of the molecule is CCC(N)Cc1cc(F)c(Sc2nnnn2C)c(F)c1. The van der Waals surface area contributed by atoms with Crippen LogP contribution in [0.1, 0.15) is 18.9 Å². The molecule has 0 fully saturated rings. The maximum absolute atomic E-state index is 14.0. The van der Waals surface area contributed by atoms with Gasteiger partial charge in [0.25, 0.3) is 0 Å². The quantitative estimate of drug-likeness (QED) is 0.913. The highest BCUT2D eigenvalue weighted by Crippen LogP contribution is 2.31. The zero-order valence-electron chi connectivity index (χ0n) is 11.2. The molecule has 2 rings (SSSR count). The highest BCUT2D eigenvalue weighted by atomic mass is 32.2. The molecule has 0 bridgehead atoms. The third-order valence-corrected chi connectivity index (χ3v) is 3.98. The number of halogens is 2. The summed E-state index contributed by atoms with van der Waals surface area (Å²) in [6.45, 7) is 1.93. The van der Waals surface area contributed by atoms with E-state index < -0.39 is 11.6 Å². The predicted octanol–water partition coefficient (Wildman–Crippen LogP) is 1.92. The van der Waals surface area contributed by atoms with Gasteiger partial charge in [-0.25, -0.2) is 13.5 Å². The molecule has 0 saturated carbocycles. The van der Waals surface area contributed by atoms with Crippen LogP contribution in [0.3, 0.4) is 0 Å². The Balaban J connectivity index is 2.25. The number of aromatic nitrogens is 4. The van der Waals surface area contributed by atoms with Gasteiger partial charge in [-0.05, 0) is 52.7 Å². The van der Waals surface area contributed by atoms with Gasteiger partial charge in [0, 0.05) is 13.1 Å². The molecule has 1 unspecified atom stereocenters. The number of benzene rings is 1. The molecule has 108 valence electrons. The Morgan fingerprint density at radius 1 is 1.35 bits per heavy atom. The van der Waals surface area contributed by atoms with Crippen LogP contribution in [0.2, 0.25) is 0 Å². The molecule has 20 heavy (non-hydrogen) atoms. The van der Waals surface area contributed by atoms with Crippen LogP contribution in [0, 0.1) is 11.6 Å². The van der Waals surface area contributed by atoms with E-state index in [4.69, 9.17) is 5.73 Å². The Hall–Kier alpha value is -1.54. The Morgan fingerprint density at radius 3 is 2.50 bits per heavy atom. The van der Waals surface area contributed by atoms with E-state index >= 15 is 0 Å². The molecule has 2 aromatic rings. The van der Waals surface area contributed by atoms with Crippen molar-refractivity contribution in [1.82, 2.24) is 20.2 Å². The second kappa shape index (κ2) is 6.27. The van der Waals surface area contributed by atoms with Crippen LogP contribution >= 0.6 is 11.8 Å². The predicted molar refractivity (Wildman–Crippen MR) is 71.2 cm³/mol. The van der Waals surface area contributed by atoms with Crippen LogP contribution in [-0.2, 0) is 13.5 Å². The number of tetrazole rings is 1. The fourth-order valence-electron chi connectivity index (χ4n) is 1.67. The molecule has 2 N–H and O–H groups in total. The minimum absolute atomic E-state index is 0.102. The lowest BCUT2D eigenvalue weighted by atomic mass is 10.0. The zero-order valence-corrected chi connectivity index (χ0v) is 12.0. The standard InChI is InChI=1S/C12H15F2N5S/c1-3-8(15)4-7-5-9(13)11(10(14)6-7)20-12-16-17-18-19(12)2/h5-6,8H,3-4,15H2,1-2H3. The minimum atomic E-state index is -0.628. The normalized spacial score (nSPS) is 12.7. The number of nitrogens with two attached hydrogens (primary N) is 1. The lowest BCUT2D eigenvalue weighted by molar-refractivity contribution is 0.532. The molecule has 0 aliphatic rings. The number of rotatable bonds is 5. The fourth-order valence-corrected chi connectivity index (χ4v) is 2.42. The summed E-state index contributed by atoms with van der Waals surface area (Å²) in [5.74, 6) is -1.26. The molecule has 1 aromatic heterocycles. The monoisotopic (exact) mass is 299 g/mol. The third-order valence-electron chi connectivity index (χ3n) is 2.85. The van der Waals surface area contributed by atoms with Crippen molar-refractivity contribution >= 4 is 11.8 Å². The van der Waals surface area contributed by atoms with Gasteiger partial charge < -0.3 is 5.73 Å². The molecule has 0 saturated heterocycles. The first kappa shape index (κ1) is 14.9. The summed E-state index contributed by atoms with van der Waals surface area (Å²) in [5.41, 5.74) is 6.34. The van der Waals surface area contributed by atoms with E-state index in [0.717, 1.165) is 18.2 Å². The van der Waals surface area contributed by atoms with E-state index in [0.29, 0.717) is 17.1 Å². The Kier molecular flexibility index (Phi) is 4.66. The van der Waals surface area contributed by atoms with Crippen LogP contribution in [0.15, 0.2) is 22.2 Å². The van der Waals surface area contributed by atoms with Crippen molar-refractivity contribution in [2.45, 2.75) is 35.9 Å². The Morgan fingerprint density at radius 2 is 2.00 bits per heavy atom. The second-order valence-electron chi connectivity index (χ2n) is 4.45. The third kappa shape index (κ3) is 3.31. The molecular formula is C12H15F2N5S. The van der Waals surface area contributed by atoms with Gasteiger partial charge in [0.1, 0.15) is 11.6 Å². The minimum Gasteiger partial charge on any atom is -0.327 e. The average molecular weight is 299 g/mol. The van der Waals surface area contributed by atoms with Gasteiger partial charge >= 0.3 is 0 Å². The highest BCUT2D eigenvalue weighted by molar-refractivity contribution is 7.99. The van der Waals surface area contributed by atoms with E-state index in [-0.39, 0.29) is 10.9 Å². The lowest BCUT2D eigenvalue weighted by Crippen LogP contribution is -2.21. The van der Waals surface area contributed by atoms with Gasteiger partial charge in [0.2, 0.25) is 5.16 Å². The summed E-state index contributed by atoms with van der Waals surface area (Å²) in [7, 11) is 1.60. The second-order valence-corrected chi connectivity index (χ2v) is 5.43. The summed E-state index contributed by atoms with van der Waals surface area (Å²) in [6, 6.07) is 2.52. The molecule has 0 aliphatic heterocycles. The zero-order chi connectivity index (χ0) is 14.7. The fraction of sp³-hybridized carbons (Fsp3) is 0.417. The van der Waals surface area contributed by atoms with Crippen molar-refractivity contribution in [3.63, 3.8) is 0 Å². The molecule has 0 spiro atoms. The number of hydrogen-bond donors (Lipinski definition) is 1. The summed E-state index contributed by atoms with van der Waals surface area (Å²) in [4.78, 5) is -0.114. The van der Waals surface area contributed by atoms with Gasteiger partial charge in [-0.3, -0.25) is 0 Å². The summed E-state index contributed by atoms with van der Waals surface area (Å²) in [5, 5.41) is 11.0. The molecule has 1 aromatic carbocycles. The van der Waals surface area contributed by atoms with Crippen molar-refractivity contribution in [2.75, 3.05) is 0 Å². The summed E-state index contributed by atoms with van der Waals surface area (Å²) in [6.07, 6.45) is 1.20. The number of aryl methyl sites for hydroxylation is 1. The van der Waals surface area contributed by atoms with E-state index in [9.17, 15) is 8.78 Å². The smallest absolute Gasteiger partial charge is 0.214 e. The summed E-state index contributed by atoms with van der Waals surface area (Å²) < 4.78 is 29.4. The number of hydrogen-bond acceptors (Lipinski definition) is 5. The van der Waals surface area contributed by atoms with Crippen molar-refractivity contribution < 1.29 is 8.78 Å². The van der Waals surface area contributed by atoms with Gasteiger partial charge in [-0.2, -0.15) is 0 Å². The van der Waals surface area contributed by atoms with Crippen LogP contribution < -0.4 is 5.73 Å². The molecule has 5 nitrogen and oxygen atoms in total. The van der Waals surface area contributed by atoms with E-state index in [1.54, 1.807) is 7.05 Å². The molecule has 0 radical (unpaired) electrons. The highest BCUT2D eigenvalue weighted by Gasteiger charge is 2.16. The van der Waals surface area contributed by atoms with Crippen LogP contribution in [0.25, 0.3) is 0 Å². The lowest BCUT2D eigenvalue weighted by Gasteiger charge is -2.10. The van der Waals surface area contributed by atoms with Crippen molar-refractivity contribution in [1.29, 1.82) is 0 Å².